The van der Waals surface area contributed by atoms with Crippen LogP contribution < -0.4 is 5.32 Å². The number of nitrogens with zero attached hydrogens (tertiary/aromatic N) is 2. The van der Waals surface area contributed by atoms with Crippen LogP contribution in [0.5, 0.6) is 0 Å². The van der Waals surface area contributed by atoms with Crippen LogP contribution in [0.25, 0.3) is 9.88 Å². The van der Waals surface area contributed by atoms with Crippen LogP contribution in [0.3, 0.4) is 0 Å². The number of anilines is 1. The number of likely N-dealkylation sites (N-methyl/N-ethyl adjacent to an activating group) is 1. The van der Waals surface area contributed by atoms with Crippen LogP contribution in [0.1, 0.15) is 16.8 Å². The summed E-state index contributed by atoms with van der Waals surface area (Å²) in [6, 6.07) is 9.76. The van der Waals surface area contributed by atoms with E-state index in [-0.39, 0.29) is 24.8 Å². The Labute approximate surface area is 166 Å². The first-order valence-electron chi connectivity index (χ1n) is 8.52. The van der Waals surface area contributed by atoms with Gasteiger partial charge in [-0.1, -0.05) is 18.2 Å². The van der Waals surface area contributed by atoms with Gasteiger partial charge < -0.3 is 10.2 Å². The lowest BCUT2D eigenvalue weighted by Gasteiger charge is -2.17. The van der Waals surface area contributed by atoms with Crippen LogP contribution in [-0.2, 0) is 16.0 Å². The van der Waals surface area contributed by atoms with Crippen LogP contribution in [0, 0.1) is 13.8 Å². The molecule has 3 aromatic rings. The summed E-state index contributed by atoms with van der Waals surface area (Å²) in [7, 11) is 1.64. The molecule has 0 bridgehead atoms. The van der Waals surface area contributed by atoms with Crippen LogP contribution in [0.15, 0.2) is 41.1 Å². The smallest absolute Gasteiger partial charge is 0.243 e. The second kappa shape index (κ2) is 8.45. The number of hydrogen-bond donors (Lipinski definition) is 1. The molecule has 0 aliphatic heterocycles. The Morgan fingerprint density at radius 3 is 2.70 bits per heavy atom. The minimum Gasteiger partial charge on any atom is -0.336 e. The van der Waals surface area contributed by atoms with E-state index in [0.717, 1.165) is 32.4 Å². The SMILES string of the molecule is Cc1cccc(NC(=O)CN(C)C(=O)Cc2csc(-c3cccs3)n2)c1C. The Morgan fingerprint density at radius 2 is 1.96 bits per heavy atom. The number of nitrogens with one attached hydrogen (secondary N) is 1. The van der Waals surface area contributed by atoms with Crippen molar-refractivity contribution in [2.75, 3.05) is 18.9 Å². The minimum absolute atomic E-state index is 0.00807. The molecule has 2 heterocycles. The molecule has 1 N–H and O–H groups in total. The molecule has 0 saturated carbocycles. The molecule has 7 heteroatoms. The second-order valence-electron chi connectivity index (χ2n) is 6.34. The number of thiophene rings is 1. The zero-order valence-electron chi connectivity index (χ0n) is 15.5. The maximum atomic E-state index is 12.4. The van der Waals surface area contributed by atoms with Crippen molar-refractivity contribution >= 4 is 40.2 Å². The summed E-state index contributed by atoms with van der Waals surface area (Å²) in [5, 5.41) is 7.70. The molecule has 5 nitrogen and oxygen atoms in total. The monoisotopic (exact) mass is 399 g/mol. The van der Waals surface area contributed by atoms with Crippen molar-refractivity contribution in [1.82, 2.24) is 9.88 Å². The molecular weight excluding hydrogens is 378 g/mol. The van der Waals surface area contributed by atoms with Crippen molar-refractivity contribution in [2.24, 2.45) is 0 Å². The van der Waals surface area contributed by atoms with Crippen LogP contribution >= 0.6 is 22.7 Å². The normalized spacial score (nSPS) is 10.6. The Bertz CT molecular complexity index is 948. The molecule has 0 aliphatic rings. The number of carbonyl (C=O) groups is 2. The van der Waals surface area contributed by atoms with Gasteiger partial charge in [0.25, 0.3) is 0 Å². The van der Waals surface area contributed by atoms with Crippen LogP contribution in [-0.4, -0.2) is 35.3 Å². The lowest BCUT2D eigenvalue weighted by molar-refractivity contribution is -0.132. The molecule has 0 fully saturated rings. The highest BCUT2D eigenvalue weighted by Gasteiger charge is 2.16. The van der Waals surface area contributed by atoms with Crippen LogP contribution in [0.4, 0.5) is 5.69 Å². The maximum absolute atomic E-state index is 12.4. The summed E-state index contributed by atoms with van der Waals surface area (Å²) in [6.07, 6.45) is 0.190. The van der Waals surface area contributed by atoms with Crippen molar-refractivity contribution in [2.45, 2.75) is 20.3 Å². The van der Waals surface area contributed by atoms with E-state index in [1.807, 2.05) is 54.9 Å². The summed E-state index contributed by atoms with van der Waals surface area (Å²) in [4.78, 5) is 31.8. The van der Waals surface area contributed by atoms with Crippen molar-refractivity contribution in [3.63, 3.8) is 0 Å². The number of hydrogen-bond acceptors (Lipinski definition) is 5. The van der Waals surface area contributed by atoms with Gasteiger partial charge in [0, 0.05) is 18.1 Å². The molecule has 0 radical (unpaired) electrons. The van der Waals surface area contributed by atoms with Gasteiger partial charge in [-0.2, -0.15) is 0 Å². The molecule has 0 unspecified atom stereocenters. The fraction of sp³-hybridized carbons (Fsp3) is 0.250. The van der Waals surface area contributed by atoms with E-state index in [2.05, 4.69) is 10.3 Å². The fourth-order valence-electron chi connectivity index (χ4n) is 2.57. The molecule has 2 aromatic heterocycles. The largest absolute Gasteiger partial charge is 0.336 e. The highest BCUT2D eigenvalue weighted by Crippen LogP contribution is 2.28. The standard InChI is InChI=1S/C20H21N3O2S2/c1-13-6-4-7-16(14(13)2)22-18(24)11-23(3)19(25)10-15-12-27-20(21-15)17-8-5-9-26-17/h4-9,12H,10-11H2,1-3H3,(H,22,24). The number of aromatic nitrogens is 1. The topological polar surface area (TPSA) is 62.3 Å². The average molecular weight is 400 g/mol. The van der Waals surface area contributed by atoms with E-state index in [0.29, 0.717) is 0 Å². The van der Waals surface area contributed by atoms with E-state index < -0.39 is 0 Å². The first kappa shape index (κ1) is 19.3. The molecule has 0 spiro atoms. The van der Waals surface area contributed by atoms with Gasteiger partial charge >= 0.3 is 0 Å². The second-order valence-corrected chi connectivity index (χ2v) is 8.15. The third-order valence-electron chi connectivity index (χ3n) is 4.30. The Kier molecular flexibility index (Phi) is 6.03. The average Bonchev–Trinajstić information content (AvgIpc) is 3.30. The third-order valence-corrected chi connectivity index (χ3v) is 6.23. The predicted octanol–water partition coefficient (Wildman–Crippen LogP) is 4.13. The molecule has 2 amide bonds. The Morgan fingerprint density at radius 1 is 1.15 bits per heavy atom. The van der Waals surface area contributed by atoms with Gasteiger partial charge in [-0.05, 0) is 42.5 Å². The molecule has 140 valence electrons. The Balaban J connectivity index is 1.56. The summed E-state index contributed by atoms with van der Waals surface area (Å²) in [5.41, 5.74) is 3.65. The van der Waals surface area contributed by atoms with Gasteiger partial charge in [0.2, 0.25) is 11.8 Å². The lowest BCUT2D eigenvalue weighted by Crippen LogP contribution is -2.36. The van der Waals surface area contributed by atoms with Gasteiger partial charge in [0.15, 0.2) is 0 Å². The Hall–Kier alpha value is -2.51. The molecule has 0 aliphatic carbocycles. The quantitative estimate of drug-likeness (QED) is 0.678. The van der Waals surface area contributed by atoms with Crippen LogP contribution in [0.2, 0.25) is 0 Å². The lowest BCUT2D eigenvalue weighted by atomic mass is 10.1. The number of carbonyl (C=O) groups excluding carboxylic acids is 2. The summed E-state index contributed by atoms with van der Waals surface area (Å²) in [5.74, 6) is -0.341. The number of benzene rings is 1. The molecular formula is C20H21N3O2S2. The van der Waals surface area contributed by atoms with Crippen molar-refractivity contribution in [1.29, 1.82) is 0 Å². The first-order valence-corrected chi connectivity index (χ1v) is 10.3. The number of aryl methyl sites for hydroxylation is 1. The van der Waals surface area contributed by atoms with E-state index >= 15 is 0 Å². The number of rotatable bonds is 6. The molecule has 3 rings (SSSR count). The minimum atomic E-state index is -0.211. The summed E-state index contributed by atoms with van der Waals surface area (Å²) < 4.78 is 0. The first-order chi connectivity index (χ1) is 12.9. The maximum Gasteiger partial charge on any atom is 0.243 e. The van der Waals surface area contributed by atoms with E-state index in [9.17, 15) is 9.59 Å². The van der Waals surface area contributed by atoms with Gasteiger partial charge in [-0.25, -0.2) is 4.98 Å². The molecule has 0 saturated heterocycles. The van der Waals surface area contributed by atoms with E-state index in [1.165, 1.54) is 16.2 Å². The van der Waals surface area contributed by atoms with E-state index in [4.69, 9.17) is 0 Å². The van der Waals surface area contributed by atoms with Crippen molar-refractivity contribution in [3.05, 3.63) is 57.9 Å². The predicted molar refractivity (Wildman–Crippen MR) is 111 cm³/mol. The zero-order valence-corrected chi connectivity index (χ0v) is 17.1. The number of amides is 2. The third kappa shape index (κ3) is 4.81. The van der Waals surface area contributed by atoms with Gasteiger partial charge in [0.1, 0.15) is 5.01 Å². The summed E-state index contributed by atoms with van der Waals surface area (Å²) in [6.45, 7) is 3.97. The zero-order chi connectivity index (χ0) is 19.4. The van der Waals surface area contributed by atoms with Crippen molar-refractivity contribution < 1.29 is 9.59 Å². The molecule has 1 aromatic carbocycles. The highest BCUT2D eigenvalue weighted by molar-refractivity contribution is 7.20. The van der Waals surface area contributed by atoms with Gasteiger partial charge in [-0.3, -0.25) is 9.59 Å². The molecule has 27 heavy (non-hydrogen) atoms. The van der Waals surface area contributed by atoms with Gasteiger partial charge in [0.05, 0.1) is 23.5 Å². The highest BCUT2D eigenvalue weighted by atomic mass is 32.1. The summed E-state index contributed by atoms with van der Waals surface area (Å²) >= 11 is 3.15. The van der Waals surface area contributed by atoms with Crippen molar-refractivity contribution in [3.8, 4) is 9.88 Å². The van der Waals surface area contributed by atoms with E-state index in [1.54, 1.807) is 18.4 Å². The molecule has 0 atom stereocenters. The number of thiazole rings is 1. The fourth-order valence-corrected chi connectivity index (χ4v) is 4.21. The van der Waals surface area contributed by atoms with Gasteiger partial charge in [-0.15, -0.1) is 22.7 Å².